The standard InChI is InChI=1S/C24H29N5O2/c1-3-28(15-17-14-25-29(4-2)16-17)24(31)19-10-12-20-21(13-11-19)26-22(27-23(20)30)18-8-6-5-7-9-18/h5-9,14,16,19H,3-4,10-13,15H2,1-2H3,(H,26,27,30). The number of H-pyrrole nitrogens is 1. The van der Waals surface area contributed by atoms with Crippen molar-refractivity contribution in [3.8, 4) is 11.4 Å². The summed E-state index contributed by atoms with van der Waals surface area (Å²) >= 11 is 0. The predicted octanol–water partition coefficient (Wildman–Crippen LogP) is 3.20. The number of aromatic nitrogens is 4. The summed E-state index contributed by atoms with van der Waals surface area (Å²) in [7, 11) is 0. The number of carbonyl (C=O) groups is 1. The molecule has 1 atom stereocenters. The number of nitrogens with one attached hydrogen (secondary N) is 1. The molecular formula is C24H29N5O2. The maximum atomic E-state index is 13.3. The van der Waals surface area contributed by atoms with Gasteiger partial charge in [0.2, 0.25) is 5.91 Å². The summed E-state index contributed by atoms with van der Waals surface area (Å²) in [5.74, 6) is 0.645. The van der Waals surface area contributed by atoms with Crippen molar-refractivity contribution in [2.24, 2.45) is 5.92 Å². The molecule has 4 rings (SSSR count). The van der Waals surface area contributed by atoms with Crippen LogP contribution in [0.15, 0.2) is 47.5 Å². The lowest BCUT2D eigenvalue weighted by Crippen LogP contribution is -2.35. The normalized spacial score (nSPS) is 15.9. The van der Waals surface area contributed by atoms with E-state index in [9.17, 15) is 9.59 Å². The first-order valence-electron chi connectivity index (χ1n) is 11.1. The summed E-state index contributed by atoms with van der Waals surface area (Å²) < 4.78 is 1.87. The van der Waals surface area contributed by atoms with Gasteiger partial charge in [-0.1, -0.05) is 30.3 Å². The van der Waals surface area contributed by atoms with E-state index in [1.165, 1.54) is 0 Å². The van der Waals surface area contributed by atoms with Crippen LogP contribution in [0.2, 0.25) is 0 Å². The molecule has 0 saturated carbocycles. The maximum Gasteiger partial charge on any atom is 0.254 e. The van der Waals surface area contributed by atoms with Gasteiger partial charge in [-0.3, -0.25) is 14.3 Å². The van der Waals surface area contributed by atoms with E-state index in [1.54, 1.807) is 0 Å². The van der Waals surface area contributed by atoms with E-state index in [2.05, 4.69) is 10.1 Å². The number of benzene rings is 1. The molecule has 1 aromatic carbocycles. The number of fused-ring (bicyclic) bond motifs is 1. The Labute approximate surface area is 182 Å². The van der Waals surface area contributed by atoms with Crippen LogP contribution in [0.3, 0.4) is 0 Å². The minimum absolute atomic E-state index is 0.0868. The number of carbonyl (C=O) groups excluding carboxylic acids is 1. The Morgan fingerprint density at radius 3 is 2.68 bits per heavy atom. The van der Waals surface area contributed by atoms with Crippen LogP contribution >= 0.6 is 0 Å². The third kappa shape index (κ3) is 4.60. The van der Waals surface area contributed by atoms with Gasteiger partial charge in [0, 0.05) is 48.4 Å². The molecule has 31 heavy (non-hydrogen) atoms. The van der Waals surface area contributed by atoms with E-state index in [-0.39, 0.29) is 17.4 Å². The van der Waals surface area contributed by atoms with Gasteiger partial charge in [0.1, 0.15) is 5.82 Å². The van der Waals surface area contributed by atoms with Crippen molar-refractivity contribution >= 4 is 5.91 Å². The largest absolute Gasteiger partial charge is 0.338 e. The summed E-state index contributed by atoms with van der Waals surface area (Å²) in [5, 5.41) is 4.31. The summed E-state index contributed by atoms with van der Waals surface area (Å²) in [6.45, 7) is 6.08. The van der Waals surface area contributed by atoms with Crippen LogP contribution in [0.5, 0.6) is 0 Å². The molecule has 7 nitrogen and oxygen atoms in total. The topological polar surface area (TPSA) is 83.9 Å². The average Bonchev–Trinajstić information content (AvgIpc) is 3.14. The zero-order valence-corrected chi connectivity index (χ0v) is 18.2. The highest BCUT2D eigenvalue weighted by atomic mass is 16.2. The van der Waals surface area contributed by atoms with Gasteiger partial charge in [0.05, 0.1) is 11.9 Å². The van der Waals surface area contributed by atoms with Crippen molar-refractivity contribution in [1.82, 2.24) is 24.6 Å². The highest BCUT2D eigenvalue weighted by Gasteiger charge is 2.28. The van der Waals surface area contributed by atoms with Gasteiger partial charge in [0.15, 0.2) is 0 Å². The number of hydrogen-bond donors (Lipinski definition) is 1. The second kappa shape index (κ2) is 9.29. The summed E-state index contributed by atoms with van der Waals surface area (Å²) in [6.07, 6.45) is 6.42. The van der Waals surface area contributed by atoms with E-state index in [0.29, 0.717) is 44.6 Å². The first-order valence-corrected chi connectivity index (χ1v) is 11.1. The third-order valence-electron chi connectivity index (χ3n) is 6.05. The number of hydrogen-bond acceptors (Lipinski definition) is 4. The zero-order valence-electron chi connectivity index (χ0n) is 18.2. The maximum absolute atomic E-state index is 13.3. The van der Waals surface area contributed by atoms with Gasteiger partial charge in [-0.05, 0) is 39.5 Å². The lowest BCUT2D eigenvalue weighted by molar-refractivity contribution is -0.136. The van der Waals surface area contributed by atoms with E-state index in [0.717, 1.165) is 28.9 Å². The summed E-state index contributed by atoms with van der Waals surface area (Å²) in [4.78, 5) is 35.6. The van der Waals surface area contributed by atoms with Gasteiger partial charge < -0.3 is 9.88 Å². The van der Waals surface area contributed by atoms with Gasteiger partial charge in [0.25, 0.3) is 5.56 Å². The van der Waals surface area contributed by atoms with Crippen LogP contribution in [0.4, 0.5) is 0 Å². The molecule has 162 valence electrons. The number of nitrogens with zero attached hydrogens (tertiary/aromatic N) is 4. The minimum atomic E-state index is -0.102. The number of aromatic amines is 1. The lowest BCUT2D eigenvalue weighted by Gasteiger charge is -2.25. The molecule has 1 aliphatic carbocycles. The monoisotopic (exact) mass is 419 g/mol. The molecule has 7 heteroatoms. The highest BCUT2D eigenvalue weighted by molar-refractivity contribution is 5.79. The summed E-state index contributed by atoms with van der Waals surface area (Å²) in [5.41, 5.74) is 3.40. The molecule has 0 spiro atoms. The Kier molecular flexibility index (Phi) is 6.30. The molecule has 0 radical (unpaired) electrons. The van der Waals surface area contributed by atoms with Crippen LogP contribution in [-0.4, -0.2) is 37.1 Å². The Hall–Kier alpha value is -3.22. The molecule has 1 N–H and O–H groups in total. The van der Waals surface area contributed by atoms with Gasteiger partial charge in [-0.2, -0.15) is 5.10 Å². The van der Waals surface area contributed by atoms with E-state index in [4.69, 9.17) is 4.98 Å². The Balaban J connectivity index is 1.49. The van der Waals surface area contributed by atoms with Crippen molar-refractivity contribution in [1.29, 1.82) is 0 Å². The Morgan fingerprint density at radius 1 is 1.19 bits per heavy atom. The van der Waals surface area contributed by atoms with Crippen molar-refractivity contribution in [2.75, 3.05) is 6.54 Å². The third-order valence-corrected chi connectivity index (χ3v) is 6.05. The summed E-state index contributed by atoms with van der Waals surface area (Å²) in [6, 6.07) is 9.67. The van der Waals surface area contributed by atoms with E-state index in [1.807, 2.05) is 66.2 Å². The van der Waals surface area contributed by atoms with Crippen LogP contribution in [0, 0.1) is 5.92 Å². The molecule has 1 amide bonds. The average molecular weight is 420 g/mol. The van der Waals surface area contributed by atoms with Crippen LogP contribution in [-0.2, 0) is 30.7 Å². The first-order chi connectivity index (χ1) is 15.1. The molecule has 0 saturated heterocycles. The fraction of sp³-hybridized carbons (Fsp3) is 0.417. The van der Waals surface area contributed by atoms with Crippen LogP contribution in [0.25, 0.3) is 11.4 Å². The molecule has 2 heterocycles. The second-order valence-corrected chi connectivity index (χ2v) is 8.04. The smallest absolute Gasteiger partial charge is 0.254 e. The molecule has 3 aromatic rings. The quantitative estimate of drug-likeness (QED) is 0.622. The predicted molar refractivity (Wildman–Crippen MR) is 119 cm³/mol. The number of rotatable bonds is 6. The molecule has 1 unspecified atom stereocenters. The molecule has 1 aliphatic rings. The molecule has 0 bridgehead atoms. The van der Waals surface area contributed by atoms with Crippen LogP contribution in [0.1, 0.15) is 43.5 Å². The SMILES string of the molecule is CCN(Cc1cnn(CC)c1)C(=O)C1CCc2nc(-c3ccccc3)[nH]c(=O)c2CC1. The van der Waals surface area contributed by atoms with Gasteiger partial charge in [-0.15, -0.1) is 0 Å². The Morgan fingerprint density at radius 2 is 1.97 bits per heavy atom. The van der Waals surface area contributed by atoms with Gasteiger partial charge >= 0.3 is 0 Å². The second-order valence-electron chi connectivity index (χ2n) is 8.04. The first kappa shape index (κ1) is 21.0. The minimum Gasteiger partial charge on any atom is -0.338 e. The lowest BCUT2D eigenvalue weighted by atomic mass is 9.98. The van der Waals surface area contributed by atoms with E-state index >= 15 is 0 Å². The molecule has 2 aromatic heterocycles. The van der Waals surface area contributed by atoms with Crippen molar-refractivity contribution in [3.05, 3.63) is 69.9 Å². The fourth-order valence-electron chi connectivity index (χ4n) is 4.25. The van der Waals surface area contributed by atoms with Crippen molar-refractivity contribution in [2.45, 2.75) is 52.6 Å². The van der Waals surface area contributed by atoms with Crippen molar-refractivity contribution in [3.63, 3.8) is 0 Å². The van der Waals surface area contributed by atoms with Gasteiger partial charge in [-0.25, -0.2) is 4.98 Å². The molecular weight excluding hydrogens is 390 g/mol. The van der Waals surface area contributed by atoms with Crippen molar-refractivity contribution < 1.29 is 4.79 Å². The fourth-order valence-corrected chi connectivity index (χ4v) is 4.25. The number of aryl methyl sites for hydroxylation is 2. The zero-order chi connectivity index (χ0) is 21.8. The number of amides is 1. The Bertz CT molecular complexity index is 1100. The van der Waals surface area contributed by atoms with Crippen LogP contribution < -0.4 is 5.56 Å². The molecule has 0 aliphatic heterocycles. The molecule has 0 fully saturated rings. The van der Waals surface area contributed by atoms with E-state index < -0.39 is 0 Å². The highest BCUT2D eigenvalue weighted by Crippen LogP contribution is 2.25.